The Morgan fingerprint density at radius 1 is 1.06 bits per heavy atom. The summed E-state index contributed by atoms with van der Waals surface area (Å²) in [4.78, 5) is 28.6. The number of benzene rings is 2. The molecule has 0 bridgehead atoms. The average Bonchev–Trinajstić information content (AvgIpc) is 3.25. The van der Waals surface area contributed by atoms with Gasteiger partial charge in [0.05, 0.1) is 18.4 Å². The largest absolute Gasteiger partial charge is 0.450 e. The number of ether oxygens (including phenoxy) is 1. The van der Waals surface area contributed by atoms with E-state index in [0.717, 1.165) is 30.0 Å². The van der Waals surface area contributed by atoms with Gasteiger partial charge in [0.15, 0.2) is 0 Å². The van der Waals surface area contributed by atoms with Crippen LogP contribution in [-0.2, 0) is 11.3 Å². The van der Waals surface area contributed by atoms with Crippen LogP contribution in [0, 0.1) is 0 Å². The van der Waals surface area contributed by atoms with Crippen LogP contribution in [0.5, 0.6) is 0 Å². The molecule has 3 aromatic rings. The van der Waals surface area contributed by atoms with Crippen molar-refractivity contribution in [3.05, 3.63) is 75.9 Å². The van der Waals surface area contributed by atoms with Gasteiger partial charge in [0, 0.05) is 43.4 Å². The maximum Gasteiger partial charge on any atom is 0.409 e. The van der Waals surface area contributed by atoms with Gasteiger partial charge in [0.2, 0.25) is 0 Å². The Labute approximate surface area is 209 Å². The Bertz CT molecular complexity index is 1170. The van der Waals surface area contributed by atoms with Gasteiger partial charge >= 0.3 is 11.8 Å². The summed E-state index contributed by atoms with van der Waals surface area (Å²) in [6, 6.07) is 14.8. The number of carbonyl (C=O) groups excluding carboxylic acids is 1. The Morgan fingerprint density at radius 2 is 1.71 bits per heavy atom. The number of hydrogen-bond acceptors (Lipinski definition) is 6. The standard InChI is InChI=1S/C25H30ClN5O4/c1-2-35-25(34)29-16-14-28(15-17-29)21-9-11-22(12-10-21)30-18-27-31(24(30)33)13-3-4-23(32)19-5-7-20(26)8-6-19/h5-12,18,23,32H,2-4,13-17H2,1H3. The van der Waals surface area contributed by atoms with Gasteiger partial charge in [-0.2, -0.15) is 5.10 Å². The topological polar surface area (TPSA) is 92.8 Å². The number of aryl methyl sites for hydroxylation is 1. The molecule has 35 heavy (non-hydrogen) atoms. The van der Waals surface area contributed by atoms with E-state index >= 15 is 0 Å². The Balaban J connectivity index is 1.31. The zero-order valence-electron chi connectivity index (χ0n) is 19.7. The van der Waals surface area contributed by atoms with Gasteiger partial charge in [-0.15, -0.1) is 0 Å². The average molecular weight is 500 g/mol. The molecule has 1 aliphatic heterocycles. The summed E-state index contributed by atoms with van der Waals surface area (Å²) in [5, 5.41) is 15.2. The minimum absolute atomic E-state index is 0.221. The molecule has 2 heterocycles. The number of hydrogen-bond donors (Lipinski definition) is 1. The van der Waals surface area contributed by atoms with Crippen LogP contribution < -0.4 is 10.6 Å². The van der Waals surface area contributed by atoms with Crippen LogP contribution in [0.2, 0.25) is 5.02 Å². The third-order valence-corrected chi connectivity index (χ3v) is 6.39. The number of carbonyl (C=O) groups is 1. The van der Waals surface area contributed by atoms with E-state index in [1.54, 1.807) is 36.1 Å². The molecule has 186 valence electrons. The summed E-state index contributed by atoms with van der Waals surface area (Å²) in [5.41, 5.74) is 2.35. The number of amides is 1. The third kappa shape index (κ3) is 6.04. The van der Waals surface area contributed by atoms with Crippen LogP contribution in [0.1, 0.15) is 31.4 Å². The molecule has 4 rings (SSSR count). The van der Waals surface area contributed by atoms with Crippen LogP contribution in [0.4, 0.5) is 10.5 Å². The van der Waals surface area contributed by atoms with E-state index in [4.69, 9.17) is 16.3 Å². The molecule has 1 atom stereocenters. The highest BCUT2D eigenvalue weighted by Gasteiger charge is 2.22. The van der Waals surface area contributed by atoms with Crippen molar-refractivity contribution in [1.29, 1.82) is 0 Å². The molecule has 1 saturated heterocycles. The molecular formula is C25H30ClN5O4. The fourth-order valence-corrected chi connectivity index (χ4v) is 4.27. The molecule has 1 amide bonds. The SMILES string of the molecule is CCOC(=O)N1CCN(c2ccc(-n3cnn(CCCC(O)c4ccc(Cl)cc4)c3=O)cc2)CC1. The monoisotopic (exact) mass is 499 g/mol. The van der Waals surface area contributed by atoms with Gasteiger partial charge in [-0.05, 0) is 61.7 Å². The smallest absolute Gasteiger partial charge is 0.409 e. The molecule has 1 aromatic heterocycles. The Morgan fingerprint density at radius 3 is 2.37 bits per heavy atom. The molecule has 1 N–H and O–H groups in total. The highest BCUT2D eigenvalue weighted by atomic mass is 35.5. The second kappa shape index (κ2) is 11.4. The lowest BCUT2D eigenvalue weighted by Crippen LogP contribution is -2.49. The summed E-state index contributed by atoms with van der Waals surface area (Å²) in [6.07, 6.45) is 1.76. The van der Waals surface area contributed by atoms with Crippen molar-refractivity contribution in [3.8, 4) is 5.69 Å². The predicted molar refractivity (Wildman–Crippen MR) is 134 cm³/mol. The van der Waals surface area contributed by atoms with Crippen LogP contribution in [-0.4, -0.2) is 63.2 Å². The van der Waals surface area contributed by atoms with E-state index < -0.39 is 6.10 Å². The zero-order valence-corrected chi connectivity index (χ0v) is 20.5. The minimum atomic E-state index is -0.614. The molecule has 2 aromatic carbocycles. The Hall–Kier alpha value is -3.30. The number of aliphatic hydroxyl groups excluding tert-OH is 1. The first kappa shape index (κ1) is 24.8. The first-order valence-corrected chi connectivity index (χ1v) is 12.2. The van der Waals surface area contributed by atoms with E-state index in [1.807, 2.05) is 24.3 Å². The molecule has 0 radical (unpaired) electrons. The normalized spacial score (nSPS) is 14.7. The second-order valence-electron chi connectivity index (χ2n) is 8.41. The van der Waals surface area contributed by atoms with Crippen LogP contribution in [0.15, 0.2) is 59.7 Å². The fourth-order valence-electron chi connectivity index (χ4n) is 4.14. The molecule has 1 fully saturated rings. The van der Waals surface area contributed by atoms with Crippen LogP contribution in [0.25, 0.3) is 5.69 Å². The molecular weight excluding hydrogens is 470 g/mol. The van der Waals surface area contributed by atoms with Crippen molar-refractivity contribution in [2.75, 3.05) is 37.7 Å². The highest BCUT2D eigenvalue weighted by molar-refractivity contribution is 6.30. The minimum Gasteiger partial charge on any atom is -0.450 e. The van der Waals surface area contributed by atoms with Gasteiger partial charge in [0.25, 0.3) is 0 Å². The van der Waals surface area contributed by atoms with Crippen LogP contribution in [0.3, 0.4) is 0 Å². The summed E-state index contributed by atoms with van der Waals surface area (Å²) < 4.78 is 8.00. The first-order valence-electron chi connectivity index (χ1n) is 11.8. The maximum absolute atomic E-state index is 12.8. The number of aromatic nitrogens is 3. The second-order valence-corrected chi connectivity index (χ2v) is 8.84. The number of piperazine rings is 1. The van der Waals surface area contributed by atoms with Crippen molar-refractivity contribution in [3.63, 3.8) is 0 Å². The lowest BCUT2D eigenvalue weighted by Gasteiger charge is -2.35. The van der Waals surface area contributed by atoms with Gasteiger partial charge in [-0.25, -0.2) is 18.8 Å². The number of halogens is 1. The highest BCUT2D eigenvalue weighted by Crippen LogP contribution is 2.21. The van der Waals surface area contributed by atoms with Crippen molar-refractivity contribution in [2.45, 2.75) is 32.4 Å². The van der Waals surface area contributed by atoms with E-state index in [-0.39, 0.29) is 11.8 Å². The van der Waals surface area contributed by atoms with Crippen molar-refractivity contribution < 1.29 is 14.6 Å². The lowest BCUT2D eigenvalue weighted by molar-refractivity contribution is 0.105. The van der Waals surface area contributed by atoms with E-state index in [2.05, 4.69) is 10.00 Å². The maximum atomic E-state index is 12.8. The fraction of sp³-hybridized carbons (Fsp3) is 0.400. The van der Waals surface area contributed by atoms with Gasteiger partial charge in [0.1, 0.15) is 6.33 Å². The van der Waals surface area contributed by atoms with Gasteiger partial charge in [-0.3, -0.25) is 0 Å². The van der Waals surface area contributed by atoms with Crippen molar-refractivity contribution >= 4 is 23.4 Å². The number of nitrogens with zero attached hydrogens (tertiary/aromatic N) is 5. The molecule has 1 unspecified atom stereocenters. The summed E-state index contributed by atoms with van der Waals surface area (Å²) >= 11 is 5.89. The number of anilines is 1. The lowest BCUT2D eigenvalue weighted by atomic mass is 10.1. The van der Waals surface area contributed by atoms with Gasteiger partial charge < -0.3 is 19.6 Å². The summed E-state index contributed by atoms with van der Waals surface area (Å²) in [5.74, 6) is 0. The molecule has 0 aliphatic carbocycles. The molecule has 9 nitrogen and oxygen atoms in total. The molecule has 1 aliphatic rings. The predicted octanol–water partition coefficient (Wildman–Crippen LogP) is 3.48. The number of rotatable bonds is 8. The Kier molecular flexibility index (Phi) is 8.09. The van der Waals surface area contributed by atoms with Gasteiger partial charge in [-0.1, -0.05) is 23.7 Å². The summed E-state index contributed by atoms with van der Waals surface area (Å²) in [6.45, 7) is 5.26. The van der Waals surface area contributed by atoms with E-state index in [1.165, 1.54) is 15.6 Å². The molecule has 10 heteroatoms. The van der Waals surface area contributed by atoms with Crippen molar-refractivity contribution in [1.82, 2.24) is 19.2 Å². The van der Waals surface area contributed by atoms with Crippen molar-refractivity contribution in [2.24, 2.45) is 0 Å². The first-order chi connectivity index (χ1) is 17.0. The quantitative estimate of drug-likeness (QED) is 0.510. The van der Waals surface area contributed by atoms with E-state index in [0.29, 0.717) is 44.1 Å². The van der Waals surface area contributed by atoms with E-state index in [9.17, 15) is 14.7 Å². The van der Waals surface area contributed by atoms with Crippen LogP contribution >= 0.6 is 11.6 Å². The number of aliphatic hydroxyl groups is 1. The third-order valence-electron chi connectivity index (χ3n) is 6.13. The molecule has 0 spiro atoms. The summed E-state index contributed by atoms with van der Waals surface area (Å²) in [7, 11) is 0. The molecule has 0 saturated carbocycles. The zero-order chi connectivity index (χ0) is 24.8.